The normalized spacial score (nSPS) is 12.2. The third-order valence-corrected chi connectivity index (χ3v) is 6.95. The summed E-state index contributed by atoms with van der Waals surface area (Å²) in [5.41, 5.74) is 1.73. The highest BCUT2D eigenvalue weighted by atomic mass is 32.1. The number of nitrogens with one attached hydrogen (secondary N) is 1. The summed E-state index contributed by atoms with van der Waals surface area (Å²) in [4.78, 5) is 25.7. The first-order valence-corrected chi connectivity index (χ1v) is 12.1. The van der Waals surface area contributed by atoms with Crippen LogP contribution < -0.4 is 10.5 Å². The number of hydrogen-bond donors (Lipinski definition) is 2. The number of aromatic hydroxyl groups is 1. The number of H-pyrrole nitrogens is 1. The van der Waals surface area contributed by atoms with Crippen molar-refractivity contribution in [2.75, 3.05) is 32.1 Å². The number of hydrogen-bond acceptors (Lipinski definition) is 6. The lowest BCUT2D eigenvalue weighted by Crippen LogP contribution is -2.43. The van der Waals surface area contributed by atoms with Gasteiger partial charge in [0, 0.05) is 41.2 Å². The molecule has 4 aromatic rings. The minimum absolute atomic E-state index is 0.157. The molecule has 0 aliphatic rings. The van der Waals surface area contributed by atoms with Gasteiger partial charge in [0.25, 0.3) is 5.56 Å². The van der Waals surface area contributed by atoms with Gasteiger partial charge in [-0.15, -0.1) is 17.9 Å². The van der Waals surface area contributed by atoms with E-state index in [1.54, 1.807) is 29.5 Å². The topological polar surface area (TPSA) is 72.5 Å². The number of likely N-dealkylation sites (N-methyl/N-ethyl adjacent to an activating group) is 1. The third-order valence-electron chi connectivity index (χ3n) is 5.83. The molecular formula is C27H30N4O2S. The summed E-state index contributed by atoms with van der Waals surface area (Å²) < 4.78 is 1.24. The van der Waals surface area contributed by atoms with Gasteiger partial charge in [-0.2, -0.15) is 0 Å². The number of phenols is 1. The fourth-order valence-electron chi connectivity index (χ4n) is 4.01. The third kappa shape index (κ3) is 5.92. The van der Waals surface area contributed by atoms with Crippen LogP contribution in [0.1, 0.15) is 16.1 Å². The molecule has 7 heteroatoms. The zero-order valence-corrected chi connectivity index (χ0v) is 20.4. The first-order chi connectivity index (χ1) is 16.4. The first kappa shape index (κ1) is 23.7. The largest absolute Gasteiger partial charge is 0.508 e. The monoisotopic (exact) mass is 474 g/mol. The Morgan fingerprint density at radius 2 is 1.91 bits per heavy atom. The highest BCUT2D eigenvalue weighted by Crippen LogP contribution is 2.27. The predicted molar refractivity (Wildman–Crippen MR) is 141 cm³/mol. The Labute approximate surface area is 203 Å². The van der Waals surface area contributed by atoms with Crippen LogP contribution in [0, 0.1) is 0 Å². The Balaban J connectivity index is 1.57. The van der Waals surface area contributed by atoms with E-state index in [1.807, 2.05) is 44.4 Å². The standard InChI is InChI=1S/C27H30N4O2S/c1-4-13-31(18-22(30(2)3)14-19-9-11-23(32)12-10-19)27-28-21(17-26(33)29-27)16-24-15-20-7-5-6-8-25(20)34-24/h4-12,15,17,22,32H,1,13-14,16,18H2,2-3H3,(H,28,29,33). The van der Waals surface area contributed by atoms with E-state index < -0.39 is 0 Å². The summed E-state index contributed by atoms with van der Waals surface area (Å²) in [5, 5.41) is 10.8. The average molecular weight is 475 g/mol. The molecule has 4 rings (SSSR count). The van der Waals surface area contributed by atoms with Crippen LogP contribution in [0.15, 0.2) is 78.1 Å². The number of nitrogens with zero attached hydrogens (tertiary/aromatic N) is 3. The minimum Gasteiger partial charge on any atom is -0.508 e. The SMILES string of the molecule is C=CCN(CC(Cc1ccc(O)cc1)N(C)C)c1nc(Cc2cc3ccccc3s2)cc(=O)[nH]1. The number of fused-ring (bicyclic) bond motifs is 1. The van der Waals surface area contributed by atoms with Crippen LogP contribution in [0.5, 0.6) is 5.75 Å². The van der Waals surface area contributed by atoms with Gasteiger partial charge < -0.3 is 14.9 Å². The second kappa shape index (κ2) is 10.7. The maximum Gasteiger partial charge on any atom is 0.252 e. The van der Waals surface area contributed by atoms with Crippen molar-refractivity contribution in [3.8, 4) is 5.75 Å². The molecular weight excluding hydrogens is 444 g/mol. The summed E-state index contributed by atoms with van der Waals surface area (Å²) in [6.45, 7) is 5.13. The van der Waals surface area contributed by atoms with E-state index in [0.29, 0.717) is 25.5 Å². The molecule has 2 aromatic heterocycles. The van der Waals surface area contributed by atoms with E-state index in [1.165, 1.54) is 15.0 Å². The number of aromatic nitrogens is 2. The molecule has 1 unspecified atom stereocenters. The number of phenolic OH excluding ortho intramolecular Hbond substituents is 1. The number of aromatic amines is 1. The smallest absolute Gasteiger partial charge is 0.252 e. The van der Waals surface area contributed by atoms with Gasteiger partial charge in [-0.25, -0.2) is 4.98 Å². The van der Waals surface area contributed by atoms with Crippen LogP contribution >= 0.6 is 11.3 Å². The van der Waals surface area contributed by atoms with Crippen LogP contribution in [-0.2, 0) is 12.8 Å². The number of rotatable bonds is 10. The summed E-state index contributed by atoms with van der Waals surface area (Å²) in [7, 11) is 4.09. The van der Waals surface area contributed by atoms with E-state index in [-0.39, 0.29) is 17.4 Å². The fourth-order valence-corrected chi connectivity index (χ4v) is 5.09. The Hall–Kier alpha value is -3.42. The summed E-state index contributed by atoms with van der Waals surface area (Å²) >= 11 is 1.73. The molecule has 0 amide bonds. The van der Waals surface area contributed by atoms with Gasteiger partial charge >= 0.3 is 0 Å². The predicted octanol–water partition coefficient (Wildman–Crippen LogP) is 4.45. The molecule has 34 heavy (non-hydrogen) atoms. The number of benzene rings is 2. The van der Waals surface area contributed by atoms with Gasteiger partial charge in [0.1, 0.15) is 5.75 Å². The van der Waals surface area contributed by atoms with Gasteiger partial charge in [-0.1, -0.05) is 36.4 Å². The maximum absolute atomic E-state index is 12.5. The summed E-state index contributed by atoms with van der Waals surface area (Å²) in [5.74, 6) is 0.816. The van der Waals surface area contributed by atoms with E-state index in [2.05, 4.69) is 39.6 Å². The van der Waals surface area contributed by atoms with Crippen molar-refractivity contribution in [3.05, 3.63) is 99.8 Å². The van der Waals surface area contributed by atoms with E-state index in [0.717, 1.165) is 17.7 Å². The molecule has 2 heterocycles. The molecule has 1 atom stereocenters. The van der Waals surface area contributed by atoms with Crippen LogP contribution in [0.25, 0.3) is 10.1 Å². The average Bonchev–Trinajstić information content (AvgIpc) is 3.21. The molecule has 0 spiro atoms. The highest BCUT2D eigenvalue weighted by molar-refractivity contribution is 7.19. The van der Waals surface area contributed by atoms with Crippen molar-refractivity contribution >= 4 is 27.4 Å². The Bertz CT molecular complexity index is 1280. The van der Waals surface area contributed by atoms with E-state index in [9.17, 15) is 9.90 Å². The van der Waals surface area contributed by atoms with Crippen molar-refractivity contribution in [2.45, 2.75) is 18.9 Å². The Kier molecular flexibility index (Phi) is 7.45. The Morgan fingerprint density at radius 3 is 2.62 bits per heavy atom. The van der Waals surface area contributed by atoms with Crippen molar-refractivity contribution in [1.29, 1.82) is 0 Å². The molecule has 2 N–H and O–H groups in total. The van der Waals surface area contributed by atoms with Crippen LogP contribution in [-0.4, -0.2) is 53.2 Å². The first-order valence-electron chi connectivity index (χ1n) is 11.3. The summed E-state index contributed by atoms with van der Waals surface area (Å²) in [6, 6.07) is 19.5. The molecule has 6 nitrogen and oxygen atoms in total. The second-order valence-corrected chi connectivity index (χ2v) is 9.84. The van der Waals surface area contributed by atoms with Gasteiger partial charge in [-0.05, 0) is 55.7 Å². The van der Waals surface area contributed by atoms with Crippen molar-refractivity contribution < 1.29 is 5.11 Å². The second-order valence-electron chi connectivity index (χ2n) is 8.67. The molecule has 0 fully saturated rings. The number of thiophene rings is 1. The van der Waals surface area contributed by atoms with Crippen molar-refractivity contribution in [2.24, 2.45) is 0 Å². The molecule has 0 aliphatic carbocycles. The molecule has 0 radical (unpaired) electrons. The van der Waals surface area contributed by atoms with E-state index >= 15 is 0 Å². The highest BCUT2D eigenvalue weighted by Gasteiger charge is 2.19. The molecule has 176 valence electrons. The maximum atomic E-state index is 12.5. The van der Waals surface area contributed by atoms with Crippen LogP contribution in [0.3, 0.4) is 0 Å². The summed E-state index contributed by atoms with van der Waals surface area (Å²) in [6.07, 6.45) is 3.24. The minimum atomic E-state index is -0.157. The lowest BCUT2D eigenvalue weighted by atomic mass is 10.0. The zero-order valence-electron chi connectivity index (χ0n) is 19.6. The molecule has 0 saturated heterocycles. The van der Waals surface area contributed by atoms with Gasteiger partial charge in [0.05, 0.1) is 5.69 Å². The van der Waals surface area contributed by atoms with Crippen LogP contribution in [0.2, 0.25) is 0 Å². The Morgan fingerprint density at radius 1 is 1.15 bits per heavy atom. The molecule has 0 saturated carbocycles. The number of anilines is 1. The van der Waals surface area contributed by atoms with Gasteiger partial charge in [-0.3, -0.25) is 9.78 Å². The fraction of sp³-hybridized carbons (Fsp3) is 0.259. The molecule has 2 aromatic carbocycles. The lowest BCUT2D eigenvalue weighted by Gasteiger charge is -2.31. The zero-order chi connectivity index (χ0) is 24.1. The molecule has 0 bridgehead atoms. The van der Waals surface area contributed by atoms with Gasteiger partial charge in [0.2, 0.25) is 5.95 Å². The van der Waals surface area contributed by atoms with Crippen molar-refractivity contribution in [3.63, 3.8) is 0 Å². The quantitative estimate of drug-likeness (QED) is 0.332. The molecule has 0 aliphatic heterocycles. The van der Waals surface area contributed by atoms with Gasteiger partial charge in [0.15, 0.2) is 0 Å². The lowest BCUT2D eigenvalue weighted by molar-refractivity contribution is 0.293. The van der Waals surface area contributed by atoms with E-state index in [4.69, 9.17) is 4.98 Å². The van der Waals surface area contributed by atoms with Crippen LogP contribution in [0.4, 0.5) is 5.95 Å². The van der Waals surface area contributed by atoms with Crippen molar-refractivity contribution in [1.82, 2.24) is 14.9 Å².